The van der Waals surface area contributed by atoms with Gasteiger partial charge in [0.25, 0.3) is 5.91 Å². The zero-order valence-electron chi connectivity index (χ0n) is 14.2. The second-order valence-electron chi connectivity index (χ2n) is 5.92. The van der Waals surface area contributed by atoms with E-state index in [0.29, 0.717) is 17.9 Å². The summed E-state index contributed by atoms with van der Waals surface area (Å²) < 4.78 is 0. The van der Waals surface area contributed by atoms with Crippen LogP contribution in [-0.4, -0.2) is 53.1 Å². The summed E-state index contributed by atoms with van der Waals surface area (Å²) >= 11 is 0. The SMILES string of the molecule is CN(C)CCCCNC(=O)c1cnc(-c2cccc(CO)c2)nc1. The van der Waals surface area contributed by atoms with Crippen molar-refractivity contribution in [2.45, 2.75) is 19.4 Å². The van der Waals surface area contributed by atoms with Crippen LogP contribution < -0.4 is 5.32 Å². The lowest BCUT2D eigenvalue weighted by atomic mass is 10.1. The van der Waals surface area contributed by atoms with E-state index in [4.69, 9.17) is 0 Å². The number of carbonyl (C=O) groups excluding carboxylic acids is 1. The molecule has 6 nitrogen and oxygen atoms in total. The number of aromatic nitrogens is 2. The quantitative estimate of drug-likeness (QED) is 0.721. The van der Waals surface area contributed by atoms with Gasteiger partial charge in [0, 0.05) is 24.5 Å². The van der Waals surface area contributed by atoms with Gasteiger partial charge in [-0.3, -0.25) is 4.79 Å². The number of nitrogens with one attached hydrogen (secondary N) is 1. The molecule has 0 aliphatic rings. The maximum absolute atomic E-state index is 12.1. The van der Waals surface area contributed by atoms with Crippen molar-refractivity contribution in [3.8, 4) is 11.4 Å². The highest BCUT2D eigenvalue weighted by atomic mass is 16.3. The lowest BCUT2D eigenvalue weighted by Gasteiger charge is -2.09. The molecule has 0 fully saturated rings. The van der Waals surface area contributed by atoms with Crippen LogP contribution in [0.15, 0.2) is 36.7 Å². The van der Waals surface area contributed by atoms with Crippen molar-refractivity contribution >= 4 is 5.91 Å². The fourth-order valence-corrected chi connectivity index (χ4v) is 2.26. The zero-order chi connectivity index (χ0) is 17.4. The molecule has 2 rings (SSSR count). The second kappa shape index (κ2) is 9.10. The number of rotatable bonds is 8. The molecule has 24 heavy (non-hydrogen) atoms. The molecule has 0 saturated heterocycles. The highest BCUT2D eigenvalue weighted by Crippen LogP contribution is 2.16. The Morgan fingerprint density at radius 2 is 1.96 bits per heavy atom. The first-order chi connectivity index (χ1) is 11.6. The predicted octanol–water partition coefficient (Wildman–Crippen LogP) is 1.71. The summed E-state index contributed by atoms with van der Waals surface area (Å²) in [5.74, 6) is 0.378. The minimum Gasteiger partial charge on any atom is -0.392 e. The first-order valence-corrected chi connectivity index (χ1v) is 8.05. The number of carbonyl (C=O) groups is 1. The van der Waals surface area contributed by atoms with Crippen LogP contribution in [0.3, 0.4) is 0 Å². The van der Waals surface area contributed by atoms with E-state index >= 15 is 0 Å². The van der Waals surface area contributed by atoms with Crippen LogP contribution in [0.1, 0.15) is 28.8 Å². The molecule has 6 heteroatoms. The van der Waals surface area contributed by atoms with E-state index in [9.17, 15) is 9.90 Å². The Morgan fingerprint density at radius 3 is 2.62 bits per heavy atom. The van der Waals surface area contributed by atoms with E-state index in [1.165, 1.54) is 12.4 Å². The number of hydrogen-bond acceptors (Lipinski definition) is 5. The molecule has 0 unspecified atom stereocenters. The van der Waals surface area contributed by atoms with Crippen molar-refractivity contribution in [1.29, 1.82) is 0 Å². The minimum absolute atomic E-state index is 0.0256. The van der Waals surface area contributed by atoms with Gasteiger partial charge in [0.15, 0.2) is 5.82 Å². The lowest BCUT2D eigenvalue weighted by Crippen LogP contribution is -2.25. The summed E-state index contributed by atoms with van der Waals surface area (Å²) in [7, 11) is 4.07. The number of nitrogens with zero attached hydrogens (tertiary/aromatic N) is 3. The van der Waals surface area contributed by atoms with Gasteiger partial charge >= 0.3 is 0 Å². The molecule has 0 saturated carbocycles. The van der Waals surface area contributed by atoms with E-state index < -0.39 is 0 Å². The Balaban J connectivity index is 1.90. The van der Waals surface area contributed by atoms with E-state index in [1.807, 2.05) is 38.4 Å². The summed E-state index contributed by atoms with van der Waals surface area (Å²) in [6.45, 7) is 1.63. The molecular formula is C18H24N4O2. The van der Waals surface area contributed by atoms with Crippen LogP contribution >= 0.6 is 0 Å². The standard InChI is InChI=1S/C18H24N4O2/c1-22(2)9-4-3-8-19-18(24)16-11-20-17(21-12-16)15-7-5-6-14(10-15)13-23/h5-7,10-12,23H,3-4,8-9,13H2,1-2H3,(H,19,24). The molecule has 2 aromatic rings. The number of unbranched alkanes of at least 4 members (excludes halogenated alkanes) is 1. The van der Waals surface area contributed by atoms with E-state index in [0.717, 1.165) is 30.5 Å². The predicted molar refractivity (Wildman–Crippen MR) is 93.5 cm³/mol. The summed E-state index contributed by atoms with van der Waals surface area (Å²) in [6.07, 6.45) is 5.05. The van der Waals surface area contributed by atoms with E-state index in [1.54, 1.807) is 0 Å². The average molecular weight is 328 g/mol. The van der Waals surface area contributed by atoms with Gasteiger partial charge in [-0.1, -0.05) is 18.2 Å². The Morgan fingerprint density at radius 1 is 1.21 bits per heavy atom. The number of aliphatic hydroxyl groups excluding tert-OH is 1. The first-order valence-electron chi connectivity index (χ1n) is 8.05. The van der Waals surface area contributed by atoms with Crippen LogP contribution in [0.4, 0.5) is 0 Å². The molecular weight excluding hydrogens is 304 g/mol. The Bertz CT molecular complexity index is 656. The minimum atomic E-state index is -0.157. The van der Waals surface area contributed by atoms with Crippen molar-refractivity contribution in [3.63, 3.8) is 0 Å². The smallest absolute Gasteiger partial charge is 0.254 e. The van der Waals surface area contributed by atoms with E-state index in [2.05, 4.69) is 20.2 Å². The average Bonchev–Trinajstić information content (AvgIpc) is 2.61. The summed E-state index contributed by atoms with van der Waals surface area (Å²) in [5.41, 5.74) is 2.07. The van der Waals surface area contributed by atoms with Crippen molar-refractivity contribution in [2.75, 3.05) is 27.2 Å². The number of hydrogen-bond donors (Lipinski definition) is 2. The first kappa shape index (κ1) is 18.0. The van der Waals surface area contributed by atoms with Crippen molar-refractivity contribution in [1.82, 2.24) is 20.2 Å². The fourth-order valence-electron chi connectivity index (χ4n) is 2.26. The molecule has 0 atom stereocenters. The molecule has 1 aromatic carbocycles. The molecule has 0 spiro atoms. The molecule has 2 N–H and O–H groups in total. The van der Waals surface area contributed by atoms with Gasteiger partial charge in [0.1, 0.15) is 0 Å². The molecule has 128 valence electrons. The summed E-state index contributed by atoms with van der Waals surface area (Å²) in [4.78, 5) is 22.7. The van der Waals surface area contributed by atoms with Crippen LogP contribution in [0.25, 0.3) is 11.4 Å². The second-order valence-corrected chi connectivity index (χ2v) is 5.92. The number of aliphatic hydroxyl groups is 1. The van der Waals surface area contributed by atoms with Gasteiger partial charge in [-0.25, -0.2) is 9.97 Å². The zero-order valence-corrected chi connectivity index (χ0v) is 14.2. The Labute approximate surface area is 142 Å². The van der Waals surface area contributed by atoms with E-state index in [-0.39, 0.29) is 12.5 Å². The third-order valence-electron chi connectivity index (χ3n) is 3.60. The molecule has 1 aromatic heterocycles. The highest BCUT2D eigenvalue weighted by Gasteiger charge is 2.08. The fraction of sp³-hybridized carbons (Fsp3) is 0.389. The monoisotopic (exact) mass is 328 g/mol. The van der Waals surface area contributed by atoms with Gasteiger partial charge in [0.2, 0.25) is 0 Å². The summed E-state index contributed by atoms with van der Waals surface area (Å²) in [6, 6.07) is 7.39. The molecule has 0 radical (unpaired) electrons. The molecule has 1 heterocycles. The number of benzene rings is 1. The van der Waals surface area contributed by atoms with Gasteiger partial charge < -0.3 is 15.3 Å². The third-order valence-corrected chi connectivity index (χ3v) is 3.60. The van der Waals surface area contributed by atoms with Crippen molar-refractivity contribution in [2.24, 2.45) is 0 Å². The van der Waals surface area contributed by atoms with Gasteiger partial charge in [-0.05, 0) is 45.1 Å². The van der Waals surface area contributed by atoms with Crippen molar-refractivity contribution < 1.29 is 9.90 Å². The normalized spacial score (nSPS) is 10.8. The Kier molecular flexibility index (Phi) is 6.84. The van der Waals surface area contributed by atoms with Gasteiger partial charge in [0.05, 0.1) is 12.2 Å². The summed E-state index contributed by atoms with van der Waals surface area (Å²) in [5, 5.41) is 12.1. The van der Waals surface area contributed by atoms with Crippen LogP contribution in [0.5, 0.6) is 0 Å². The maximum Gasteiger partial charge on any atom is 0.254 e. The number of amides is 1. The molecule has 0 aliphatic carbocycles. The third kappa shape index (κ3) is 5.40. The lowest BCUT2D eigenvalue weighted by molar-refractivity contribution is 0.0952. The maximum atomic E-state index is 12.1. The molecule has 0 bridgehead atoms. The van der Waals surface area contributed by atoms with Crippen LogP contribution in [0, 0.1) is 0 Å². The molecule has 0 aliphatic heterocycles. The van der Waals surface area contributed by atoms with Gasteiger partial charge in [-0.15, -0.1) is 0 Å². The van der Waals surface area contributed by atoms with Crippen LogP contribution in [0.2, 0.25) is 0 Å². The highest BCUT2D eigenvalue weighted by molar-refractivity contribution is 5.93. The Hall–Kier alpha value is -2.31. The molecule has 1 amide bonds. The van der Waals surface area contributed by atoms with Crippen LogP contribution in [-0.2, 0) is 6.61 Å². The topological polar surface area (TPSA) is 78.4 Å². The van der Waals surface area contributed by atoms with Gasteiger partial charge in [-0.2, -0.15) is 0 Å². The largest absolute Gasteiger partial charge is 0.392 e. The van der Waals surface area contributed by atoms with Crippen molar-refractivity contribution in [3.05, 3.63) is 47.8 Å².